The van der Waals surface area contributed by atoms with Crippen LogP contribution in [0.5, 0.6) is 0 Å². The van der Waals surface area contributed by atoms with Crippen LogP contribution in [0, 0.1) is 5.92 Å². The van der Waals surface area contributed by atoms with Crippen molar-refractivity contribution in [3.05, 3.63) is 70.7 Å². The topological polar surface area (TPSA) is 118 Å². The lowest BCUT2D eigenvalue weighted by molar-refractivity contribution is -0.140. The number of rotatable bonds is 8. The van der Waals surface area contributed by atoms with Gasteiger partial charge in [0.05, 0.1) is 0 Å². The van der Waals surface area contributed by atoms with E-state index in [1.165, 1.54) is 5.38 Å². The first-order valence-electron chi connectivity index (χ1n) is 11.0. The largest absolute Gasteiger partial charge is 0.480 e. The molecule has 0 bridgehead atoms. The van der Waals surface area contributed by atoms with E-state index in [0.29, 0.717) is 6.42 Å². The molecule has 1 heterocycles. The van der Waals surface area contributed by atoms with Crippen molar-refractivity contribution in [3.63, 3.8) is 0 Å². The number of aromatic nitrogens is 1. The SMILES string of the molecule is CCC(C)[C@H](NC(=O)c1csc(NC(=O)OCC2c3ccccc3-c3ccccc32)n1)C(=O)O. The predicted octanol–water partition coefficient (Wildman–Crippen LogP) is 4.73. The summed E-state index contributed by atoms with van der Waals surface area (Å²) in [6.45, 7) is 3.77. The molecule has 0 aliphatic heterocycles. The summed E-state index contributed by atoms with van der Waals surface area (Å²) >= 11 is 1.06. The summed E-state index contributed by atoms with van der Waals surface area (Å²) in [5.41, 5.74) is 4.53. The van der Waals surface area contributed by atoms with Gasteiger partial charge in [0.25, 0.3) is 5.91 Å². The summed E-state index contributed by atoms with van der Waals surface area (Å²) in [4.78, 5) is 40.4. The third kappa shape index (κ3) is 4.79. The van der Waals surface area contributed by atoms with Crippen molar-refractivity contribution in [1.82, 2.24) is 10.3 Å². The molecular formula is C25H25N3O5S. The van der Waals surface area contributed by atoms with Gasteiger partial charge < -0.3 is 15.2 Å². The number of carboxylic acid groups (broad SMARTS) is 1. The van der Waals surface area contributed by atoms with Crippen molar-refractivity contribution >= 4 is 34.4 Å². The van der Waals surface area contributed by atoms with Crippen molar-refractivity contribution in [1.29, 1.82) is 0 Å². The minimum atomic E-state index is -1.10. The zero-order valence-corrected chi connectivity index (χ0v) is 19.6. The first-order valence-corrected chi connectivity index (χ1v) is 11.9. The van der Waals surface area contributed by atoms with Gasteiger partial charge in [-0.2, -0.15) is 0 Å². The molecule has 9 heteroatoms. The first kappa shape index (κ1) is 23.4. The molecule has 34 heavy (non-hydrogen) atoms. The van der Waals surface area contributed by atoms with Gasteiger partial charge in [-0.1, -0.05) is 68.8 Å². The van der Waals surface area contributed by atoms with Crippen LogP contribution in [0.2, 0.25) is 0 Å². The Hall–Kier alpha value is -3.72. The third-order valence-electron chi connectivity index (χ3n) is 6.06. The summed E-state index contributed by atoms with van der Waals surface area (Å²) in [5, 5.41) is 16.1. The Morgan fingerprint density at radius 2 is 1.71 bits per heavy atom. The van der Waals surface area contributed by atoms with Gasteiger partial charge >= 0.3 is 12.1 Å². The van der Waals surface area contributed by atoms with Gasteiger partial charge in [-0.05, 0) is 28.2 Å². The predicted molar refractivity (Wildman–Crippen MR) is 129 cm³/mol. The fraction of sp³-hybridized carbons (Fsp3) is 0.280. The van der Waals surface area contributed by atoms with Crippen molar-refractivity contribution in [3.8, 4) is 11.1 Å². The van der Waals surface area contributed by atoms with Crippen LogP contribution < -0.4 is 10.6 Å². The molecule has 0 fully saturated rings. The zero-order chi connectivity index (χ0) is 24.2. The molecule has 176 valence electrons. The molecule has 8 nitrogen and oxygen atoms in total. The Morgan fingerprint density at radius 1 is 1.09 bits per heavy atom. The smallest absolute Gasteiger partial charge is 0.413 e. The van der Waals surface area contributed by atoms with E-state index < -0.39 is 24.0 Å². The molecule has 1 unspecified atom stereocenters. The molecule has 1 aliphatic rings. The number of nitrogens with zero attached hydrogens (tertiary/aromatic N) is 1. The maximum absolute atomic E-state index is 12.4. The normalized spacial score (nSPS) is 13.9. The lowest BCUT2D eigenvalue weighted by Gasteiger charge is -2.19. The van der Waals surface area contributed by atoms with E-state index in [-0.39, 0.29) is 29.3 Å². The number of benzene rings is 2. The van der Waals surface area contributed by atoms with E-state index in [4.69, 9.17) is 4.74 Å². The molecule has 1 aromatic heterocycles. The Labute approximate surface area is 201 Å². The summed E-state index contributed by atoms with van der Waals surface area (Å²) in [6.07, 6.45) is -0.0747. The quantitative estimate of drug-likeness (QED) is 0.430. The van der Waals surface area contributed by atoms with Gasteiger partial charge in [0.15, 0.2) is 5.13 Å². The van der Waals surface area contributed by atoms with E-state index >= 15 is 0 Å². The Morgan fingerprint density at radius 3 is 2.29 bits per heavy atom. The standard InChI is InChI=1S/C25H25N3O5S/c1-3-14(2)21(23(30)31)27-22(29)20-13-34-24(26-20)28-25(32)33-12-19-17-10-6-4-8-15(17)16-9-5-7-11-18(16)19/h4-11,13-14,19,21H,3,12H2,1-2H3,(H,27,29)(H,30,31)(H,26,28,32)/t14?,21-/m0/s1. The Bertz CT molecular complexity index is 1180. The zero-order valence-electron chi connectivity index (χ0n) is 18.8. The number of anilines is 1. The van der Waals surface area contributed by atoms with E-state index in [1.807, 2.05) is 43.3 Å². The number of amides is 2. The molecule has 2 amide bonds. The fourth-order valence-electron chi connectivity index (χ4n) is 4.06. The number of aliphatic carboxylic acids is 1. The van der Waals surface area contributed by atoms with Gasteiger partial charge in [0, 0.05) is 11.3 Å². The fourth-order valence-corrected chi connectivity index (χ4v) is 4.73. The van der Waals surface area contributed by atoms with Crippen LogP contribution in [0.1, 0.15) is 47.8 Å². The molecular weight excluding hydrogens is 454 g/mol. The van der Waals surface area contributed by atoms with Crippen molar-refractivity contribution in [2.24, 2.45) is 5.92 Å². The molecule has 3 N–H and O–H groups in total. The molecule has 1 aliphatic carbocycles. The maximum Gasteiger partial charge on any atom is 0.413 e. The second-order valence-electron chi connectivity index (χ2n) is 8.16. The van der Waals surface area contributed by atoms with Crippen LogP contribution >= 0.6 is 11.3 Å². The minimum Gasteiger partial charge on any atom is -0.480 e. The van der Waals surface area contributed by atoms with Crippen LogP contribution in [0.3, 0.4) is 0 Å². The summed E-state index contributed by atoms with van der Waals surface area (Å²) in [6, 6.07) is 15.1. The maximum atomic E-state index is 12.4. The highest BCUT2D eigenvalue weighted by molar-refractivity contribution is 7.14. The number of thiazole rings is 1. The third-order valence-corrected chi connectivity index (χ3v) is 6.81. The van der Waals surface area contributed by atoms with Crippen LogP contribution in [-0.2, 0) is 9.53 Å². The molecule has 2 atom stereocenters. The van der Waals surface area contributed by atoms with Crippen LogP contribution in [-0.4, -0.2) is 40.7 Å². The molecule has 0 saturated carbocycles. The molecule has 2 aromatic carbocycles. The first-order chi connectivity index (χ1) is 16.4. The minimum absolute atomic E-state index is 0.0356. The highest BCUT2D eigenvalue weighted by Crippen LogP contribution is 2.44. The number of carboxylic acids is 1. The van der Waals surface area contributed by atoms with Crippen molar-refractivity contribution in [2.75, 3.05) is 11.9 Å². The second-order valence-corrected chi connectivity index (χ2v) is 9.02. The number of ether oxygens (including phenoxy) is 1. The van der Waals surface area contributed by atoms with Gasteiger partial charge in [-0.25, -0.2) is 14.6 Å². The molecule has 0 spiro atoms. The van der Waals surface area contributed by atoms with Crippen LogP contribution in [0.4, 0.5) is 9.93 Å². The van der Waals surface area contributed by atoms with Gasteiger partial charge in [0.2, 0.25) is 0 Å². The number of hydrogen-bond donors (Lipinski definition) is 3. The summed E-state index contributed by atoms with van der Waals surface area (Å²) in [7, 11) is 0. The van der Waals surface area contributed by atoms with Crippen LogP contribution in [0.25, 0.3) is 11.1 Å². The van der Waals surface area contributed by atoms with E-state index in [9.17, 15) is 19.5 Å². The highest BCUT2D eigenvalue weighted by Gasteiger charge is 2.29. The monoisotopic (exact) mass is 479 g/mol. The molecule has 4 rings (SSSR count). The summed E-state index contributed by atoms with van der Waals surface area (Å²) < 4.78 is 5.49. The number of hydrogen-bond acceptors (Lipinski definition) is 6. The highest BCUT2D eigenvalue weighted by atomic mass is 32.1. The Kier molecular flexibility index (Phi) is 6.93. The number of fused-ring (bicyclic) bond motifs is 3. The average Bonchev–Trinajstić information content (AvgIpc) is 3.43. The number of nitrogens with one attached hydrogen (secondary N) is 2. The van der Waals surface area contributed by atoms with E-state index in [2.05, 4.69) is 27.8 Å². The van der Waals surface area contributed by atoms with Gasteiger partial charge in [0.1, 0.15) is 18.3 Å². The van der Waals surface area contributed by atoms with Crippen LogP contribution in [0.15, 0.2) is 53.9 Å². The molecule has 0 radical (unpaired) electrons. The molecule has 3 aromatic rings. The lowest BCUT2D eigenvalue weighted by atomic mass is 9.98. The Balaban J connectivity index is 1.37. The van der Waals surface area contributed by atoms with Crippen molar-refractivity contribution < 1.29 is 24.2 Å². The van der Waals surface area contributed by atoms with Crippen molar-refractivity contribution in [2.45, 2.75) is 32.2 Å². The molecule has 0 saturated heterocycles. The average molecular weight is 480 g/mol. The van der Waals surface area contributed by atoms with E-state index in [0.717, 1.165) is 33.6 Å². The van der Waals surface area contributed by atoms with E-state index in [1.54, 1.807) is 6.92 Å². The summed E-state index contributed by atoms with van der Waals surface area (Å²) in [5.74, 6) is -2.01. The second kappa shape index (κ2) is 10.0. The number of carbonyl (C=O) groups excluding carboxylic acids is 2. The van der Waals surface area contributed by atoms with Gasteiger partial charge in [-0.15, -0.1) is 11.3 Å². The lowest BCUT2D eigenvalue weighted by Crippen LogP contribution is -2.45. The number of carbonyl (C=O) groups is 3. The van der Waals surface area contributed by atoms with Gasteiger partial charge in [-0.3, -0.25) is 10.1 Å².